The average Bonchev–Trinajstić information content (AvgIpc) is 3.44. The Kier molecular flexibility index (Phi) is 4.75. The van der Waals surface area contributed by atoms with Crippen molar-refractivity contribution in [3.63, 3.8) is 0 Å². The van der Waals surface area contributed by atoms with Gasteiger partial charge in [0.1, 0.15) is 6.04 Å². The minimum Gasteiger partial charge on any atom is -0.340 e. The topological polar surface area (TPSA) is 68.0 Å². The number of hydrogen-bond donors (Lipinski definition) is 1. The maximum absolute atomic E-state index is 12.7. The Labute approximate surface area is 158 Å². The lowest BCUT2D eigenvalue weighted by molar-refractivity contribution is 0.0914. The zero-order valence-electron chi connectivity index (χ0n) is 15.6. The molecule has 0 radical (unpaired) electrons. The predicted octanol–water partition coefficient (Wildman–Crippen LogP) is 4.74. The zero-order chi connectivity index (χ0) is 18.8. The van der Waals surface area contributed by atoms with Crippen molar-refractivity contribution in [3.8, 4) is 11.1 Å². The van der Waals surface area contributed by atoms with E-state index in [1.54, 1.807) is 0 Å². The van der Waals surface area contributed by atoms with Gasteiger partial charge < -0.3 is 9.84 Å². The number of amides is 1. The third-order valence-electron chi connectivity index (χ3n) is 4.87. The summed E-state index contributed by atoms with van der Waals surface area (Å²) in [5.74, 6) is 1.68. The van der Waals surface area contributed by atoms with Crippen molar-refractivity contribution >= 4 is 5.91 Å². The molecule has 0 saturated heterocycles. The smallest absolute Gasteiger partial charge is 0.251 e. The minimum absolute atomic E-state index is 0.139. The summed E-state index contributed by atoms with van der Waals surface area (Å²) in [6.45, 7) is 4.06. The molecule has 1 fully saturated rings. The van der Waals surface area contributed by atoms with Crippen LogP contribution >= 0.6 is 0 Å². The summed E-state index contributed by atoms with van der Waals surface area (Å²) >= 11 is 0. The Hall–Kier alpha value is -2.95. The van der Waals surface area contributed by atoms with Crippen molar-refractivity contribution < 1.29 is 9.32 Å². The quantitative estimate of drug-likeness (QED) is 0.688. The summed E-state index contributed by atoms with van der Waals surface area (Å²) in [7, 11) is 0. The number of carbonyl (C=O) groups excluding carboxylic acids is 1. The maximum atomic E-state index is 12.7. The third kappa shape index (κ3) is 3.92. The number of benzene rings is 2. The van der Waals surface area contributed by atoms with Gasteiger partial charge >= 0.3 is 0 Å². The second-order valence-electron chi connectivity index (χ2n) is 7.40. The Morgan fingerprint density at radius 1 is 1.04 bits per heavy atom. The summed E-state index contributed by atoms with van der Waals surface area (Å²) in [5, 5.41) is 7.12. The maximum Gasteiger partial charge on any atom is 0.251 e. The van der Waals surface area contributed by atoms with Gasteiger partial charge in [0.15, 0.2) is 5.82 Å². The van der Waals surface area contributed by atoms with E-state index in [4.69, 9.17) is 4.52 Å². The van der Waals surface area contributed by atoms with Crippen LogP contribution in [0.4, 0.5) is 0 Å². The lowest BCUT2D eigenvalue weighted by atomic mass is 10.0. The van der Waals surface area contributed by atoms with Gasteiger partial charge in [0, 0.05) is 11.5 Å². The molecule has 5 nitrogen and oxygen atoms in total. The van der Waals surface area contributed by atoms with Crippen molar-refractivity contribution in [1.29, 1.82) is 0 Å². The fourth-order valence-electron chi connectivity index (χ4n) is 3.06. The van der Waals surface area contributed by atoms with E-state index in [1.807, 2.05) is 56.3 Å². The number of aromatic nitrogens is 2. The number of hydrogen-bond acceptors (Lipinski definition) is 4. The normalized spacial score (nSPS) is 14.9. The molecule has 4 rings (SSSR count). The molecule has 1 aromatic heterocycles. The van der Waals surface area contributed by atoms with Crippen molar-refractivity contribution in [1.82, 2.24) is 15.5 Å². The summed E-state index contributed by atoms with van der Waals surface area (Å²) in [5.41, 5.74) is 2.82. The van der Waals surface area contributed by atoms with Crippen LogP contribution in [0.1, 0.15) is 60.7 Å². The molecule has 1 aliphatic carbocycles. The van der Waals surface area contributed by atoms with Gasteiger partial charge in [0.2, 0.25) is 5.89 Å². The highest BCUT2D eigenvalue weighted by Crippen LogP contribution is 2.38. The number of nitrogens with zero attached hydrogens (tertiary/aromatic N) is 2. The van der Waals surface area contributed by atoms with Gasteiger partial charge in [-0.15, -0.1) is 0 Å². The first-order valence-electron chi connectivity index (χ1n) is 9.41. The minimum atomic E-state index is -0.300. The van der Waals surface area contributed by atoms with E-state index >= 15 is 0 Å². The van der Waals surface area contributed by atoms with Gasteiger partial charge in [-0.1, -0.05) is 61.5 Å². The van der Waals surface area contributed by atoms with Crippen LogP contribution in [0.3, 0.4) is 0 Å². The highest BCUT2D eigenvalue weighted by atomic mass is 16.5. The first kappa shape index (κ1) is 17.5. The van der Waals surface area contributed by atoms with E-state index in [-0.39, 0.29) is 17.9 Å². The number of rotatable bonds is 6. The fraction of sp³-hybridized carbons (Fsp3) is 0.318. The largest absolute Gasteiger partial charge is 0.340 e. The van der Waals surface area contributed by atoms with Gasteiger partial charge in [0.25, 0.3) is 5.91 Å². The first-order chi connectivity index (χ1) is 13.1. The predicted molar refractivity (Wildman–Crippen MR) is 103 cm³/mol. The monoisotopic (exact) mass is 361 g/mol. The van der Waals surface area contributed by atoms with Gasteiger partial charge in [-0.25, -0.2) is 0 Å². The summed E-state index contributed by atoms with van der Waals surface area (Å²) in [6, 6.07) is 17.4. The SMILES string of the molecule is CC(C)C(NC(=O)c1ccc(-c2ccccc2)cc1)c1nc(C2CC2)no1. The van der Waals surface area contributed by atoms with Crippen molar-refractivity contribution in [3.05, 3.63) is 71.9 Å². The molecule has 1 atom stereocenters. The molecule has 1 heterocycles. The van der Waals surface area contributed by atoms with Crippen LogP contribution < -0.4 is 5.32 Å². The zero-order valence-corrected chi connectivity index (χ0v) is 15.6. The van der Waals surface area contributed by atoms with Gasteiger partial charge in [-0.3, -0.25) is 4.79 Å². The highest BCUT2D eigenvalue weighted by molar-refractivity contribution is 5.94. The molecule has 1 unspecified atom stereocenters. The van der Waals surface area contributed by atoms with Crippen LogP contribution in [0.15, 0.2) is 59.1 Å². The van der Waals surface area contributed by atoms with Crippen molar-refractivity contribution in [2.24, 2.45) is 5.92 Å². The molecule has 0 aliphatic heterocycles. The van der Waals surface area contributed by atoms with Gasteiger partial charge in [0.05, 0.1) is 0 Å². The molecule has 0 bridgehead atoms. The summed E-state index contributed by atoms with van der Waals surface area (Å²) in [4.78, 5) is 17.2. The van der Waals surface area contributed by atoms with Crippen molar-refractivity contribution in [2.45, 2.75) is 38.6 Å². The molecule has 138 valence electrons. The van der Waals surface area contributed by atoms with Crippen LogP contribution in [-0.4, -0.2) is 16.0 Å². The van der Waals surface area contributed by atoms with Gasteiger partial charge in [-0.2, -0.15) is 4.98 Å². The Morgan fingerprint density at radius 2 is 1.70 bits per heavy atom. The molecule has 0 spiro atoms. The summed E-state index contributed by atoms with van der Waals surface area (Å²) in [6.07, 6.45) is 2.23. The van der Waals surface area contributed by atoms with E-state index in [2.05, 4.69) is 27.6 Å². The Morgan fingerprint density at radius 3 is 2.33 bits per heavy atom. The Balaban J connectivity index is 1.49. The van der Waals surface area contributed by atoms with Crippen LogP contribution in [-0.2, 0) is 0 Å². The Bertz CT molecular complexity index is 912. The van der Waals surface area contributed by atoms with E-state index in [1.165, 1.54) is 0 Å². The molecule has 1 saturated carbocycles. The van der Waals surface area contributed by atoms with Crippen LogP contribution in [0.5, 0.6) is 0 Å². The van der Waals surface area contributed by atoms with Gasteiger partial charge in [-0.05, 0) is 42.0 Å². The second kappa shape index (κ2) is 7.35. The van der Waals surface area contributed by atoms with Crippen LogP contribution in [0.2, 0.25) is 0 Å². The molecular formula is C22H23N3O2. The standard InChI is InChI=1S/C22H23N3O2/c1-14(2)19(22-24-20(25-27-22)17-10-11-17)23-21(26)18-12-8-16(9-13-18)15-6-4-3-5-7-15/h3-9,12-14,17,19H,10-11H2,1-2H3,(H,23,26). The second-order valence-corrected chi connectivity index (χ2v) is 7.40. The molecular weight excluding hydrogens is 338 g/mol. The molecule has 1 aliphatic rings. The van der Waals surface area contributed by atoms with E-state index < -0.39 is 0 Å². The fourth-order valence-corrected chi connectivity index (χ4v) is 3.06. The molecule has 27 heavy (non-hydrogen) atoms. The van der Waals surface area contributed by atoms with E-state index in [0.29, 0.717) is 17.4 Å². The van der Waals surface area contributed by atoms with E-state index in [9.17, 15) is 4.79 Å². The molecule has 1 N–H and O–H groups in total. The molecule has 1 amide bonds. The average molecular weight is 361 g/mol. The van der Waals surface area contributed by atoms with Crippen molar-refractivity contribution in [2.75, 3.05) is 0 Å². The molecule has 2 aromatic carbocycles. The summed E-state index contributed by atoms with van der Waals surface area (Å²) < 4.78 is 5.43. The van der Waals surface area contributed by atoms with E-state index in [0.717, 1.165) is 29.8 Å². The first-order valence-corrected chi connectivity index (χ1v) is 9.41. The number of carbonyl (C=O) groups is 1. The van der Waals surface area contributed by atoms with Crippen LogP contribution in [0, 0.1) is 5.92 Å². The lowest BCUT2D eigenvalue weighted by Gasteiger charge is -2.18. The van der Waals surface area contributed by atoms with Crippen LogP contribution in [0.25, 0.3) is 11.1 Å². The number of nitrogens with one attached hydrogen (secondary N) is 1. The lowest BCUT2D eigenvalue weighted by Crippen LogP contribution is -2.32. The molecule has 5 heteroatoms. The molecule has 3 aromatic rings. The highest BCUT2D eigenvalue weighted by Gasteiger charge is 2.31. The third-order valence-corrected chi connectivity index (χ3v) is 4.87.